The average Bonchev–Trinajstić information content (AvgIpc) is 2.90. The summed E-state index contributed by atoms with van der Waals surface area (Å²) < 4.78 is 2.24. The number of aromatic nitrogens is 2. The summed E-state index contributed by atoms with van der Waals surface area (Å²) in [5.41, 5.74) is 1.03. The Balaban J connectivity index is 1.79. The van der Waals surface area contributed by atoms with Gasteiger partial charge in [0.25, 0.3) is 0 Å². The van der Waals surface area contributed by atoms with E-state index in [0.717, 1.165) is 36.8 Å². The van der Waals surface area contributed by atoms with Crippen LogP contribution in [-0.4, -0.2) is 25.7 Å². The molecular formula is C12H18N2OS. The Morgan fingerprint density at radius 3 is 3.19 bits per heavy atom. The molecular weight excluding hydrogens is 220 g/mol. The summed E-state index contributed by atoms with van der Waals surface area (Å²) in [6.45, 7) is 1.04. The van der Waals surface area contributed by atoms with E-state index >= 15 is 0 Å². The number of aliphatic hydroxyl groups excluding tert-OH is 1. The summed E-state index contributed by atoms with van der Waals surface area (Å²) >= 11 is 2.08. The second kappa shape index (κ2) is 4.41. The minimum atomic E-state index is -0.286. The molecule has 0 aliphatic carbocycles. The Morgan fingerprint density at radius 1 is 1.44 bits per heavy atom. The maximum Gasteiger partial charge on any atom is 0.110 e. The fraction of sp³-hybridized carbons (Fsp3) is 0.750. The van der Waals surface area contributed by atoms with Crippen LogP contribution in [0.3, 0.4) is 0 Å². The molecule has 2 aliphatic heterocycles. The van der Waals surface area contributed by atoms with Gasteiger partial charge in [0, 0.05) is 18.2 Å². The fourth-order valence-corrected chi connectivity index (χ4v) is 3.98. The highest BCUT2D eigenvalue weighted by molar-refractivity contribution is 8.00. The first-order chi connectivity index (χ1) is 7.84. The summed E-state index contributed by atoms with van der Waals surface area (Å²) in [5, 5.41) is 10.6. The second-order valence-electron chi connectivity index (χ2n) is 4.75. The number of rotatable bonds is 2. The van der Waals surface area contributed by atoms with Crippen molar-refractivity contribution >= 4 is 11.8 Å². The van der Waals surface area contributed by atoms with Crippen molar-refractivity contribution in [1.29, 1.82) is 0 Å². The highest BCUT2D eigenvalue weighted by Crippen LogP contribution is 2.31. The quantitative estimate of drug-likeness (QED) is 0.858. The van der Waals surface area contributed by atoms with Gasteiger partial charge in [-0.25, -0.2) is 4.98 Å². The smallest absolute Gasteiger partial charge is 0.110 e. The Kier molecular flexibility index (Phi) is 2.94. The molecule has 3 nitrogen and oxygen atoms in total. The number of hydrogen-bond acceptors (Lipinski definition) is 3. The van der Waals surface area contributed by atoms with Gasteiger partial charge in [-0.15, -0.1) is 0 Å². The van der Waals surface area contributed by atoms with Crippen molar-refractivity contribution in [2.75, 3.05) is 5.75 Å². The lowest BCUT2D eigenvalue weighted by Crippen LogP contribution is -2.18. The van der Waals surface area contributed by atoms with Crippen LogP contribution in [0, 0.1) is 0 Å². The Bertz CT molecular complexity index is 371. The molecule has 4 heteroatoms. The number of fused-ring (bicyclic) bond motifs is 1. The largest absolute Gasteiger partial charge is 0.387 e. The van der Waals surface area contributed by atoms with Gasteiger partial charge in [0.2, 0.25) is 0 Å². The van der Waals surface area contributed by atoms with Crippen LogP contribution < -0.4 is 0 Å². The highest BCUT2D eigenvalue weighted by atomic mass is 32.2. The van der Waals surface area contributed by atoms with Gasteiger partial charge >= 0.3 is 0 Å². The molecule has 1 saturated heterocycles. The van der Waals surface area contributed by atoms with Crippen LogP contribution in [0.5, 0.6) is 0 Å². The zero-order valence-corrected chi connectivity index (χ0v) is 10.2. The lowest BCUT2D eigenvalue weighted by atomic mass is 10.1. The third-order valence-corrected chi connectivity index (χ3v) is 5.00. The van der Waals surface area contributed by atoms with Gasteiger partial charge in [-0.2, -0.15) is 11.8 Å². The SMILES string of the molecule is OC1CCCn2c1cnc2CC1CCCS1. The zero-order chi connectivity index (χ0) is 11.0. The van der Waals surface area contributed by atoms with E-state index in [1.165, 1.54) is 24.4 Å². The van der Waals surface area contributed by atoms with Crippen molar-refractivity contribution in [3.63, 3.8) is 0 Å². The standard InChI is InChI=1S/C12H18N2OS/c15-11-4-1-5-14-10(11)8-13-12(14)7-9-3-2-6-16-9/h8-9,11,15H,1-7H2. The van der Waals surface area contributed by atoms with Gasteiger partial charge < -0.3 is 9.67 Å². The fourth-order valence-electron chi connectivity index (χ4n) is 2.72. The molecule has 1 aromatic rings. The van der Waals surface area contributed by atoms with Crippen molar-refractivity contribution in [1.82, 2.24) is 9.55 Å². The third-order valence-electron chi connectivity index (χ3n) is 3.60. The van der Waals surface area contributed by atoms with Crippen LogP contribution in [0.15, 0.2) is 6.20 Å². The normalized spacial score (nSPS) is 29.3. The van der Waals surface area contributed by atoms with Gasteiger partial charge in [-0.1, -0.05) is 0 Å². The maximum absolute atomic E-state index is 9.87. The van der Waals surface area contributed by atoms with Crippen molar-refractivity contribution in [2.24, 2.45) is 0 Å². The summed E-state index contributed by atoms with van der Waals surface area (Å²) in [5.74, 6) is 2.49. The highest BCUT2D eigenvalue weighted by Gasteiger charge is 2.24. The lowest BCUT2D eigenvalue weighted by Gasteiger charge is -2.21. The molecule has 2 atom stereocenters. The molecule has 16 heavy (non-hydrogen) atoms. The Labute approximate surface area is 100 Å². The average molecular weight is 238 g/mol. The van der Waals surface area contributed by atoms with Crippen LogP contribution >= 0.6 is 11.8 Å². The van der Waals surface area contributed by atoms with Gasteiger partial charge in [0.05, 0.1) is 18.0 Å². The number of imidazole rings is 1. The maximum atomic E-state index is 9.87. The molecule has 0 saturated carbocycles. The second-order valence-corrected chi connectivity index (χ2v) is 6.16. The minimum Gasteiger partial charge on any atom is -0.387 e. The topological polar surface area (TPSA) is 38.0 Å². The first-order valence-electron chi connectivity index (χ1n) is 6.18. The molecule has 1 aromatic heterocycles. The summed E-state index contributed by atoms with van der Waals surface area (Å²) in [7, 11) is 0. The predicted molar refractivity (Wildman–Crippen MR) is 65.6 cm³/mol. The monoisotopic (exact) mass is 238 g/mol. The number of hydrogen-bond donors (Lipinski definition) is 1. The van der Waals surface area contributed by atoms with E-state index in [1.54, 1.807) is 0 Å². The van der Waals surface area contributed by atoms with Crippen molar-refractivity contribution < 1.29 is 5.11 Å². The first kappa shape index (κ1) is 10.7. The molecule has 3 rings (SSSR count). The Morgan fingerprint density at radius 2 is 2.38 bits per heavy atom. The van der Waals surface area contributed by atoms with Gasteiger partial charge in [0.15, 0.2) is 0 Å². The number of aliphatic hydroxyl groups is 1. The van der Waals surface area contributed by atoms with E-state index in [4.69, 9.17) is 0 Å². The molecule has 0 amide bonds. The van der Waals surface area contributed by atoms with E-state index in [-0.39, 0.29) is 6.10 Å². The molecule has 3 heterocycles. The third kappa shape index (κ3) is 1.89. The molecule has 2 aliphatic rings. The van der Waals surface area contributed by atoms with Crippen molar-refractivity contribution in [2.45, 2.75) is 50.0 Å². The predicted octanol–water partition coefficient (Wildman–Crippen LogP) is 2.15. The van der Waals surface area contributed by atoms with E-state index in [2.05, 4.69) is 21.3 Å². The van der Waals surface area contributed by atoms with E-state index in [1.807, 2.05) is 6.20 Å². The zero-order valence-electron chi connectivity index (χ0n) is 9.43. The van der Waals surface area contributed by atoms with Crippen LogP contribution in [0.1, 0.15) is 43.3 Å². The molecule has 0 spiro atoms. The number of thioether (sulfide) groups is 1. The number of nitrogens with zero attached hydrogens (tertiary/aromatic N) is 2. The van der Waals surface area contributed by atoms with Crippen LogP contribution in [0.25, 0.3) is 0 Å². The molecule has 0 bridgehead atoms. The van der Waals surface area contributed by atoms with E-state index in [0.29, 0.717) is 0 Å². The molecule has 1 N–H and O–H groups in total. The molecule has 88 valence electrons. The van der Waals surface area contributed by atoms with Gasteiger partial charge in [-0.05, 0) is 31.4 Å². The molecule has 2 unspecified atom stereocenters. The van der Waals surface area contributed by atoms with Crippen molar-refractivity contribution in [3.8, 4) is 0 Å². The minimum absolute atomic E-state index is 0.286. The van der Waals surface area contributed by atoms with Gasteiger partial charge in [0.1, 0.15) is 5.82 Å². The Hall–Kier alpha value is -0.480. The van der Waals surface area contributed by atoms with Crippen LogP contribution in [0.4, 0.5) is 0 Å². The van der Waals surface area contributed by atoms with Crippen LogP contribution in [-0.2, 0) is 13.0 Å². The summed E-state index contributed by atoms with van der Waals surface area (Å²) in [6, 6.07) is 0. The molecule has 0 radical (unpaired) electrons. The van der Waals surface area contributed by atoms with Crippen molar-refractivity contribution in [3.05, 3.63) is 17.7 Å². The molecule has 0 aromatic carbocycles. The first-order valence-corrected chi connectivity index (χ1v) is 7.23. The van der Waals surface area contributed by atoms with E-state index < -0.39 is 0 Å². The lowest BCUT2D eigenvalue weighted by molar-refractivity contribution is 0.138. The van der Waals surface area contributed by atoms with E-state index in [9.17, 15) is 5.11 Å². The summed E-state index contributed by atoms with van der Waals surface area (Å²) in [6.07, 6.45) is 7.32. The molecule has 1 fully saturated rings. The summed E-state index contributed by atoms with van der Waals surface area (Å²) in [4.78, 5) is 4.50. The van der Waals surface area contributed by atoms with Crippen LogP contribution in [0.2, 0.25) is 0 Å². The van der Waals surface area contributed by atoms with Gasteiger partial charge in [-0.3, -0.25) is 0 Å².